The number of rotatable bonds is 2. The van der Waals surface area contributed by atoms with E-state index in [4.69, 9.17) is 0 Å². The summed E-state index contributed by atoms with van der Waals surface area (Å²) in [5.74, 6) is -0.122. The van der Waals surface area contributed by atoms with Crippen molar-refractivity contribution in [2.24, 2.45) is 0 Å². The summed E-state index contributed by atoms with van der Waals surface area (Å²) in [5.41, 5.74) is 2.86. The number of amides is 2. The van der Waals surface area contributed by atoms with Crippen LogP contribution in [0.4, 0.5) is 5.69 Å². The van der Waals surface area contributed by atoms with Crippen molar-refractivity contribution in [1.29, 1.82) is 0 Å². The number of benzene rings is 1. The lowest BCUT2D eigenvalue weighted by atomic mass is 10.1. The molecule has 1 aromatic carbocycles. The van der Waals surface area contributed by atoms with Crippen molar-refractivity contribution in [2.45, 2.75) is 39.2 Å². The van der Waals surface area contributed by atoms with E-state index in [-0.39, 0.29) is 17.9 Å². The first-order valence-corrected chi connectivity index (χ1v) is 7.26. The summed E-state index contributed by atoms with van der Waals surface area (Å²) >= 11 is 0. The monoisotopic (exact) mass is 272 g/mol. The normalized spacial score (nSPS) is 23.9. The topological polar surface area (TPSA) is 40.6 Å². The molecule has 0 radical (unpaired) electrons. The van der Waals surface area contributed by atoms with Gasteiger partial charge in [-0.25, -0.2) is 4.90 Å². The quantitative estimate of drug-likeness (QED) is 0.773. The van der Waals surface area contributed by atoms with E-state index in [2.05, 4.69) is 4.90 Å². The van der Waals surface area contributed by atoms with E-state index < -0.39 is 0 Å². The van der Waals surface area contributed by atoms with E-state index in [9.17, 15) is 9.59 Å². The maximum Gasteiger partial charge on any atom is 0.251 e. The van der Waals surface area contributed by atoms with Crippen LogP contribution >= 0.6 is 0 Å². The molecular formula is C16H20N2O2. The molecule has 1 aromatic rings. The highest BCUT2D eigenvalue weighted by Gasteiger charge is 2.43. The minimum atomic E-state index is -0.245. The molecule has 2 amide bonds. The molecule has 4 nitrogen and oxygen atoms in total. The molecule has 0 N–H and O–H groups in total. The molecule has 3 rings (SSSR count). The van der Waals surface area contributed by atoms with Crippen LogP contribution in [0.2, 0.25) is 0 Å². The third kappa shape index (κ3) is 2.14. The van der Waals surface area contributed by atoms with Gasteiger partial charge in [0.25, 0.3) is 5.91 Å². The molecule has 1 atom stereocenters. The zero-order chi connectivity index (χ0) is 14.3. The Kier molecular flexibility index (Phi) is 3.34. The number of anilines is 1. The molecule has 0 aliphatic carbocycles. The smallest absolute Gasteiger partial charge is 0.251 e. The van der Waals surface area contributed by atoms with Gasteiger partial charge in [-0.2, -0.15) is 0 Å². The molecule has 0 spiro atoms. The average molecular weight is 272 g/mol. The maximum atomic E-state index is 12.6. The van der Waals surface area contributed by atoms with Gasteiger partial charge >= 0.3 is 0 Å². The van der Waals surface area contributed by atoms with Crippen LogP contribution in [0.5, 0.6) is 0 Å². The van der Waals surface area contributed by atoms with E-state index in [0.717, 1.165) is 42.7 Å². The van der Waals surface area contributed by atoms with Gasteiger partial charge in [0.15, 0.2) is 0 Å². The average Bonchev–Trinajstić information content (AvgIpc) is 3.00. The Morgan fingerprint density at radius 2 is 1.80 bits per heavy atom. The fraction of sp³-hybridized carbons (Fsp3) is 0.500. The Hall–Kier alpha value is -1.68. The summed E-state index contributed by atoms with van der Waals surface area (Å²) in [5, 5.41) is 0. The Morgan fingerprint density at radius 3 is 2.45 bits per heavy atom. The molecular weight excluding hydrogens is 252 g/mol. The molecule has 20 heavy (non-hydrogen) atoms. The van der Waals surface area contributed by atoms with Crippen LogP contribution in [0.25, 0.3) is 0 Å². The molecule has 106 valence electrons. The van der Waals surface area contributed by atoms with Gasteiger partial charge in [0.05, 0.1) is 18.2 Å². The number of hydrogen-bond acceptors (Lipinski definition) is 3. The summed E-state index contributed by atoms with van der Waals surface area (Å²) in [6, 6.07) is 5.60. The third-order valence-corrected chi connectivity index (χ3v) is 4.30. The van der Waals surface area contributed by atoms with Crippen molar-refractivity contribution in [3.05, 3.63) is 29.3 Å². The van der Waals surface area contributed by atoms with Crippen LogP contribution in [0, 0.1) is 13.8 Å². The highest BCUT2D eigenvalue weighted by Crippen LogP contribution is 2.30. The molecule has 0 unspecified atom stereocenters. The summed E-state index contributed by atoms with van der Waals surface area (Å²) in [6.45, 7) is 5.83. The second-order valence-electron chi connectivity index (χ2n) is 5.82. The van der Waals surface area contributed by atoms with E-state index in [1.165, 1.54) is 4.90 Å². The number of likely N-dealkylation sites (tertiary alicyclic amines) is 1. The van der Waals surface area contributed by atoms with Gasteiger partial charge in [-0.05, 0) is 51.4 Å². The predicted molar refractivity (Wildman–Crippen MR) is 77.6 cm³/mol. The van der Waals surface area contributed by atoms with Crippen LogP contribution in [-0.2, 0) is 9.59 Å². The molecule has 2 aliphatic heterocycles. The molecule has 4 heteroatoms. The van der Waals surface area contributed by atoms with Crippen LogP contribution < -0.4 is 4.90 Å². The van der Waals surface area contributed by atoms with Crippen LogP contribution in [0.1, 0.15) is 30.4 Å². The Morgan fingerprint density at radius 1 is 1.10 bits per heavy atom. The van der Waals surface area contributed by atoms with Gasteiger partial charge < -0.3 is 0 Å². The largest absolute Gasteiger partial charge is 0.292 e. The number of hydrogen-bond donors (Lipinski definition) is 0. The standard InChI is InChI=1S/C16H20N2O2/c1-11-5-6-13(12(2)9-11)18-15(19)10-14(16(18)20)17-7-3-4-8-17/h5-6,9,14H,3-4,7-8,10H2,1-2H3/t14-/m1/s1. The molecule has 2 aliphatic rings. The zero-order valence-electron chi connectivity index (χ0n) is 12.1. The number of imide groups is 1. The summed E-state index contributed by atoms with van der Waals surface area (Å²) in [6.07, 6.45) is 2.58. The second-order valence-corrected chi connectivity index (χ2v) is 5.82. The van der Waals surface area contributed by atoms with Gasteiger partial charge in [-0.15, -0.1) is 0 Å². The molecule has 0 bridgehead atoms. The van der Waals surface area contributed by atoms with Crippen molar-refractivity contribution in [3.63, 3.8) is 0 Å². The lowest BCUT2D eigenvalue weighted by Gasteiger charge is -2.22. The van der Waals surface area contributed by atoms with Gasteiger partial charge in [-0.1, -0.05) is 17.7 Å². The lowest BCUT2D eigenvalue weighted by Crippen LogP contribution is -2.40. The van der Waals surface area contributed by atoms with Crippen molar-refractivity contribution < 1.29 is 9.59 Å². The van der Waals surface area contributed by atoms with Gasteiger partial charge in [-0.3, -0.25) is 14.5 Å². The number of aryl methyl sites for hydroxylation is 2. The highest BCUT2D eigenvalue weighted by molar-refractivity contribution is 6.22. The summed E-state index contributed by atoms with van der Waals surface area (Å²) in [4.78, 5) is 28.4. The van der Waals surface area contributed by atoms with Gasteiger partial charge in [0, 0.05) is 0 Å². The van der Waals surface area contributed by atoms with Crippen LogP contribution in [0.15, 0.2) is 18.2 Å². The molecule has 2 heterocycles. The molecule has 2 saturated heterocycles. The maximum absolute atomic E-state index is 12.6. The third-order valence-electron chi connectivity index (χ3n) is 4.30. The predicted octanol–water partition coefficient (Wildman–Crippen LogP) is 2.03. The van der Waals surface area contributed by atoms with Crippen molar-refractivity contribution in [2.75, 3.05) is 18.0 Å². The number of nitrogens with zero attached hydrogens (tertiary/aromatic N) is 2. The van der Waals surface area contributed by atoms with Gasteiger partial charge in [0.1, 0.15) is 0 Å². The highest BCUT2D eigenvalue weighted by atomic mass is 16.2. The van der Waals surface area contributed by atoms with E-state index in [0.29, 0.717) is 6.42 Å². The molecule has 2 fully saturated rings. The van der Waals surface area contributed by atoms with E-state index in [1.54, 1.807) is 0 Å². The Labute approximate surface area is 119 Å². The van der Waals surface area contributed by atoms with Crippen molar-refractivity contribution >= 4 is 17.5 Å². The van der Waals surface area contributed by atoms with Crippen LogP contribution in [-0.4, -0.2) is 35.8 Å². The minimum Gasteiger partial charge on any atom is -0.292 e. The first-order valence-electron chi connectivity index (χ1n) is 7.26. The van der Waals surface area contributed by atoms with Gasteiger partial charge in [0.2, 0.25) is 5.91 Å². The second kappa shape index (κ2) is 5.02. The van der Waals surface area contributed by atoms with E-state index >= 15 is 0 Å². The molecule has 0 saturated carbocycles. The fourth-order valence-electron chi connectivity index (χ4n) is 3.26. The minimum absolute atomic E-state index is 0.0520. The SMILES string of the molecule is Cc1ccc(N2C(=O)C[C@@H](N3CCCC3)C2=O)c(C)c1. The van der Waals surface area contributed by atoms with Crippen LogP contribution in [0.3, 0.4) is 0 Å². The Balaban J connectivity index is 1.90. The number of carbonyl (C=O) groups excluding carboxylic acids is 2. The Bertz CT molecular complexity index is 562. The first-order chi connectivity index (χ1) is 9.58. The first kappa shape index (κ1) is 13.3. The van der Waals surface area contributed by atoms with Crippen molar-refractivity contribution in [3.8, 4) is 0 Å². The number of carbonyl (C=O) groups is 2. The zero-order valence-corrected chi connectivity index (χ0v) is 12.1. The summed E-state index contributed by atoms with van der Waals surface area (Å²) < 4.78 is 0. The van der Waals surface area contributed by atoms with Crippen molar-refractivity contribution in [1.82, 2.24) is 4.90 Å². The fourth-order valence-corrected chi connectivity index (χ4v) is 3.26. The molecule has 0 aromatic heterocycles. The summed E-state index contributed by atoms with van der Waals surface area (Å²) in [7, 11) is 0. The lowest BCUT2D eigenvalue weighted by molar-refractivity contribution is -0.122. The van der Waals surface area contributed by atoms with E-state index in [1.807, 2.05) is 32.0 Å².